The van der Waals surface area contributed by atoms with Crippen molar-refractivity contribution in [3.8, 4) is 0 Å². The van der Waals surface area contributed by atoms with E-state index in [0.29, 0.717) is 5.69 Å². The van der Waals surface area contributed by atoms with Crippen molar-refractivity contribution < 1.29 is 9.59 Å². The maximum absolute atomic E-state index is 13.5. The Kier molecular flexibility index (Phi) is 6.21. The molecule has 6 heteroatoms. The summed E-state index contributed by atoms with van der Waals surface area (Å²) in [6.07, 6.45) is 5.02. The molecule has 2 aromatic rings. The number of para-hydroxylation sites is 1. The predicted molar refractivity (Wildman–Crippen MR) is 144 cm³/mol. The van der Waals surface area contributed by atoms with Crippen molar-refractivity contribution in [2.45, 2.75) is 53.5 Å². The molecule has 34 heavy (non-hydrogen) atoms. The van der Waals surface area contributed by atoms with Gasteiger partial charge in [-0.15, -0.1) is 0 Å². The summed E-state index contributed by atoms with van der Waals surface area (Å²) >= 11 is 5.35. The van der Waals surface area contributed by atoms with E-state index >= 15 is 0 Å². The number of allylic oxidation sites excluding steroid dienone is 1. The summed E-state index contributed by atoms with van der Waals surface area (Å²) in [6, 6.07) is 11.8. The Morgan fingerprint density at radius 1 is 1.03 bits per heavy atom. The molecule has 0 saturated carbocycles. The number of nitrogens with zero attached hydrogens (tertiary/aromatic N) is 2. The van der Waals surface area contributed by atoms with Gasteiger partial charge in [-0.1, -0.05) is 31.2 Å². The van der Waals surface area contributed by atoms with Crippen LogP contribution in [0.15, 0.2) is 48.0 Å². The van der Waals surface area contributed by atoms with Gasteiger partial charge in [0, 0.05) is 17.8 Å². The van der Waals surface area contributed by atoms with E-state index in [1.165, 1.54) is 16.2 Å². The number of carbonyl (C=O) groups excluding carboxylic acids is 2. The average molecular weight is 474 g/mol. The normalized spacial score (nSPS) is 18.7. The van der Waals surface area contributed by atoms with Crippen molar-refractivity contribution in [3.05, 3.63) is 70.3 Å². The fourth-order valence-electron chi connectivity index (χ4n) is 4.88. The number of aryl methyl sites for hydroxylation is 2. The molecule has 2 aromatic carbocycles. The number of carbonyl (C=O) groups is 2. The molecule has 0 atom stereocenters. The van der Waals surface area contributed by atoms with Crippen molar-refractivity contribution in [1.82, 2.24) is 5.32 Å². The van der Waals surface area contributed by atoms with Gasteiger partial charge in [0.1, 0.15) is 5.57 Å². The fraction of sp³-hybridized carbons (Fsp3) is 0.321. The van der Waals surface area contributed by atoms with E-state index in [0.717, 1.165) is 35.2 Å². The van der Waals surface area contributed by atoms with E-state index in [9.17, 15) is 9.59 Å². The van der Waals surface area contributed by atoms with Gasteiger partial charge in [-0.05, 0) is 99.8 Å². The Bertz CT molecular complexity index is 1270. The third-order valence-corrected chi connectivity index (χ3v) is 6.86. The number of hydrogen-bond donors (Lipinski definition) is 1. The minimum absolute atomic E-state index is 0.0723. The Balaban J connectivity index is 1.80. The molecule has 176 valence electrons. The Labute approximate surface area is 207 Å². The monoisotopic (exact) mass is 473 g/mol. The number of nitrogens with one attached hydrogen (secondary N) is 1. The topological polar surface area (TPSA) is 52.7 Å². The second-order valence-electron chi connectivity index (χ2n) is 9.60. The van der Waals surface area contributed by atoms with Crippen molar-refractivity contribution in [2.24, 2.45) is 0 Å². The first-order chi connectivity index (χ1) is 16.0. The zero-order chi connectivity index (χ0) is 24.8. The van der Waals surface area contributed by atoms with Crippen LogP contribution >= 0.6 is 12.2 Å². The summed E-state index contributed by atoms with van der Waals surface area (Å²) in [5.41, 5.74) is 6.92. The summed E-state index contributed by atoms with van der Waals surface area (Å²) < 4.78 is 0. The lowest BCUT2D eigenvalue weighted by Gasteiger charge is -2.43. The number of fused-ring (bicyclic) bond motifs is 1. The van der Waals surface area contributed by atoms with E-state index in [4.69, 9.17) is 12.2 Å². The third-order valence-electron chi connectivity index (χ3n) is 6.57. The number of anilines is 2. The molecule has 1 N–H and O–H groups in total. The van der Waals surface area contributed by atoms with Crippen LogP contribution in [0, 0.1) is 13.8 Å². The van der Waals surface area contributed by atoms with Crippen LogP contribution in [0.2, 0.25) is 0 Å². The molecule has 0 unspecified atom stereocenters. The van der Waals surface area contributed by atoms with Crippen molar-refractivity contribution in [1.29, 1.82) is 0 Å². The van der Waals surface area contributed by atoms with Gasteiger partial charge in [-0.2, -0.15) is 0 Å². The highest BCUT2D eigenvalue weighted by Crippen LogP contribution is 2.41. The quantitative estimate of drug-likeness (QED) is 0.360. The molecule has 0 aliphatic carbocycles. The molecule has 5 nitrogen and oxygen atoms in total. The highest BCUT2D eigenvalue weighted by Gasteiger charge is 2.36. The molecule has 2 heterocycles. The summed E-state index contributed by atoms with van der Waals surface area (Å²) in [5.74, 6) is -0.890. The number of thiocarbonyl (C=S) groups is 1. The van der Waals surface area contributed by atoms with Crippen LogP contribution in [-0.2, 0) is 9.59 Å². The van der Waals surface area contributed by atoms with Gasteiger partial charge in [0.2, 0.25) is 0 Å². The van der Waals surface area contributed by atoms with Crippen LogP contribution in [0.5, 0.6) is 0 Å². The highest BCUT2D eigenvalue weighted by atomic mass is 32.1. The van der Waals surface area contributed by atoms with E-state index in [2.05, 4.69) is 56.1 Å². The fourth-order valence-corrected chi connectivity index (χ4v) is 5.15. The van der Waals surface area contributed by atoms with Crippen LogP contribution in [0.25, 0.3) is 11.6 Å². The maximum Gasteiger partial charge on any atom is 0.270 e. The van der Waals surface area contributed by atoms with Crippen molar-refractivity contribution in [3.63, 3.8) is 0 Å². The smallest absolute Gasteiger partial charge is 0.270 e. The van der Waals surface area contributed by atoms with Gasteiger partial charge >= 0.3 is 0 Å². The first-order valence-electron chi connectivity index (χ1n) is 11.6. The van der Waals surface area contributed by atoms with Crippen molar-refractivity contribution >= 4 is 52.2 Å². The van der Waals surface area contributed by atoms with Crippen LogP contribution in [0.4, 0.5) is 11.4 Å². The lowest BCUT2D eigenvalue weighted by Crippen LogP contribution is -2.54. The van der Waals surface area contributed by atoms with E-state index in [1.54, 1.807) is 6.08 Å². The van der Waals surface area contributed by atoms with Crippen LogP contribution in [0.1, 0.15) is 56.4 Å². The zero-order valence-corrected chi connectivity index (χ0v) is 21.5. The third kappa shape index (κ3) is 4.07. The van der Waals surface area contributed by atoms with Crippen LogP contribution in [-0.4, -0.2) is 29.0 Å². The molecular weight excluding hydrogens is 442 g/mol. The number of rotatable bonds is 4. The van der Waals surface area contributed by atoms with Gasteiger partial charge < -0.3 is 4.90 Å². The predicted octanol–water partition coefficient (Wildman–Crippen LogP) is 5.55. The van der Waals surface area contributed by atoms with Crippen LogP contribution in [0.3, 0.4) is 0 Å². The molecule has 1 saturated heterocycles. The molecule has 4 rings (SSSR count). The van der Waals surface area contributed by atoms with Crippen LogP contribution < -0.4 is 15.1 Å². The zero-order valence-electron chi connectivity index (χ0n) is 20.7. The summed E-state index contributed by atoms with van der Waals surface area (Å²) in [4.78, 5) is 30.1. The molecule has 2 amide bonds. The lowest BCUT2D eigenvalue weighted by atomic mass is 9.86. The standard InChI is InChI=1S/C28H31N3O2S/c1-7-12-30-24-13-18(3)20(14-21(24)19(4)16-28(30,5)6)15-22-25(32)29-27(34)31(26(22)33)23-11-9-8-10-17(23)2/h8-11,13-16H,7,12H2,1-6H3,(H,29,32,34)/b22-15-. The maximum atomic E-state index is 13.5. The molecular formula is C28H31N3O2S. The average Bonchev–Trinajstić information content (AvgIpc) is 2.75. The molecule has 2 aliphatic rings. The minimum Gasteiger partial charge on any atom is -0.362 e. The SMILES string of the molecule is CCCN1c2cc(C)c(/C=C3/C(=O)NC(=S)N(c4ccccc4C)C3=O)cc2C(C)=CC1(C)C. The summed E-state index contributed by atoms with van der Waals surface area (Å²) in [5, 5.41) is 2.79. The number of benzene rings is 2. The lowest BCUT2D eigenvalue weighted by molar-refractivity contribution is -0.122. The number of amides is 2. The second-order valence-corrected chi connectivity index (χ2v) is 9.99. The summed E-state index contributed by atoms with van der Waals surface area (Å²) in [7, 11) is 0. The highest BCUT2D eigenvalue weighted by molar-refractivity contribution is 7.80. The van der Waals surface area contributed by atoms with Gasteiger partial charge in [0.05, 0.1) is 11.2 Å². The Morgan fingerprint density at radius 3 is 2.41 bits per heavy atom. The first kappa shape index (κ1) is 23.9. The molecule has 0 aromatic heterocycles. The Morgan fingerprint density at radius 2 is 1.74 bits per heavy atom. The Hall–Kier alpha value is -3.25. The van der Waals surface area contributed by atoms with E-state index < -0.39 is 11.8 Å². The van der Waals surface area contributed by atoms with E-state index in [-0.39, 0.29) is 16.2 Å². The first-order valence-corrected chi connectivity index (χ1v) is 12.0. The van der Waals surface area contributed by atoms with E-state index in [1.807, 2.05) is 38.1 Å². The van der Waals surface area contributed by atoms with Gasteiger partial charge in [0.15, 0.2) is 5.11 Å². The number of hydrogen-bond acceptors (Lipinski definition) is 4. The molecule has 0 radical (unpaired) electrons. The largest absolute Gasteiger partial charge is 0.362 e. The van der Waals surface area contributed by atoms with Gasteiger partial charge in [-0.3, -0.25) is 19.8 Å². The molecule has 0 spiro atoms. The second kappa shape index (κ2) is 8.84. The molecule has 0 bridgehead atoms. The molecule has 1 fully saturated rings. The van der Waals surface area contributed by atoms with Gasteiger partial charge in [0.25, 0.3) is 11.8 Å². The van der Waals surface area contributed by atoms with Gasteiger partial charge in [-0.25, -0.2) is 0 Å². The minimum atomic E-state index is -0.474. The van der Waals surface area contributed by atoms with Crippen molar-refractivity contribution in [2.75, 3.05) is 16.3 Å². The molecule has 2 aliphatic heterocycles. The summed E-state index contributed by atoms with van der Waals surface area (Å²) in [6.45, 7) is 13.7.